The van der Waals surface area contributed by atoms with Gasteiger partial charge in [-0.2, -0.15) is 0 Å². The molecule has 0 amide bonds. The third-order valence-electron chi connectivity index (χ3n) is 1.99. The number of methoxy groups -OCH3 is 2. The van der Waals surface area contributed by atoms with Crippen LogP contribution in [0, 0.1) is 0 Å². The molecule has 0 rings (SSSR count). The molecule has 0 aromatic rings. The van der Waals surface area contributed by atoms with Gasteiger partial charge in [0.05, 0.1) is 37.6 Å². The van der Waals surface area contributed by atoms with Crippen LogP contribution in [0.3, 0.4) is 0 Å². The van der Waals surface area contributed by atoms with Crippen molar-refractivity contribution in [1.82, 2.24) is 0 Å². The van der Waals surface area contributed by atoms with Crippen LogP contribution in [-0.4, -0.2) is 60.9 Å². The Hall–Kier alpha value is -0.0231. The zero-order chi connectivity index (χ0) is 16.6. The largest absolute Gasteiger partial charge is 0.680 e. The number of rotatable bonds is 10. The van der Waals surface area contributed by atoms with Crippen LogP contribution >= 0.6 is 0 Å². The highest BCUT2D eigenvalue weighted by atomic mass is 28.4. The van der Waals surface area contributed by atoms with E-state index >= 15 is 0 Å². The second-order valence-electron chi connectivity index (χ2n) is 6.61. The van der Waals surface area contributed by atoms with Crippen molar-refractivity contribution in [2.45, 2.75) is 52.7 Å². The summed E-state index contributed by atoms with van der Waals surface area (Å²) in [4.78, 5) is 0. The SMILES string of the molecule is COCCO[Si](OCCOC)(OC(C)(C)C)OC(C)(C)C. The van der Waals surface area contributed by atoms with Gasteiger partial charge in [-0.3, -0.25) is 0 Å². The third-order valence-corrected chi connectivity index (χ3v) is 4.84. The molecule has 0 saturated heterocycles. The van der Waals surface area contributed by atoms with E-state index in [1.54, 1.807) is 14.2 Å². The molecule has 128 valence electrons. The maximum absolute atomic E-state index is 6.06. The van der Waals surface area contributed by atoms with Gasteiger partial charge in [-0.05, 0) is 41.5 Å². The van der Waals surface area contributed by atoms with Crippen molar-refractivity contribution in [3.8, 4) is 0 Å². The van der Waals surface area contributed by atoms with Crippen LogP contribution in [0.25, 0.3) is 0 Å². The normalized spacial score (nSPS) is 13.7. The monoisotopic (exact) mass is 324 g/mol. The summed E-state index contributed by atoms with van der Waals surface area (Å²) < 4.78 is 33.9. The molecule has 0 N–H and O–H groups in total. The molecular weight excluding hydrogens is 292 g/mol. The quantitative estimate of drug-likeness (QED) is 0.454. The minimum Gasteiger partial charge on any atom is -0.382 e. The number of hydrogen-bond donors (Lipinski definition) is 0. The maximum atomic E-state index is 6.06. The van der Waals surface area contributed by atoms with Gasteiger partial charge in [-0.25, -0.2) is 0 Å². The van der Waals surface area contributed by atoms with E-state index < -0.39 is 20.3 Å². The molecule has 0 atom stereocenters. The number of hydrogen-bond acceptors (Lipinski definition) is 6. The lowest BCUT2D eigenvalue weighted by molar-refractivity contribution is -0.115. The van der Waals surface area contributed by atoms with Gasteiger partial charge in [-0.15, -0.1) is 0 Å². The Kier molecular flexibility index (Phi) is 9.18. The lowest BCUT2D eigenvalue weighted by Crippen LogP contribution is -2.57. The summed E-state index contributed by atoms with van der Waals surface area (Å²) in [7, 11) is -0.0635. The Labute approximate surface area is 130 Å². The smallest absolute Gasteiger partial charge is 0.382 e. The summed E-state index contributed by atoms with van der Waals surface area (Å²) in [5, 5.41) is 0. The highest BCUT2D eigenvalue weighted by Gasteiger charge is 2.51. The molecular formula is C14H32O6Si. The van der Waals surface area contributed by atoms with Crippen LogP contribution in [0.15, 0.2) is 0 Å². The first-order chi connectivity index (χ1) is 9.54. The van der Waals surface area contributed by atoms with E-state index in [1.807, 2.05) is 41.5 Å². The molecule has 0 unspecified atom stereocenters. The molecule has 7 heteroatoms. The van der Waals surface area contributed by atoms with Crippen LogP contribution in [0.5, 0.6) is 0 Å². The molecule has 0 aliphatic rings. The Balaban J connectivity index is 5.05. The molecule has 0 saturated carbocycles. The summed E-state index contributed by atoms with van der Waals surface area (Å²) in [6.07, 6.45) is 0. The van der Waals surface area contributed by atoms with E-state index in [0.29, 0.717) is 26.4 Å². The highest BCUT2D eigenvalue weighted by molar-refractivity contribution is 6.53. The fraction of sp³-hybridized carbons (Fsp3) is 1.00. The average molecular weight is 324 g/mol. The molecule has 0 spiro atoms. The Morgan fingerprint density at radius 1 is 0.619 bits per heavy atom. The maximum Gasteiger partial charge on any atom is 0.680 e. The van der Waals surface area contributed by atoms with E-state index in [0.717, 1.165) is 0 Å². The second kappa shape index (κ2) is 9.19. The molecule has 0 heterocycles. The van der Waals surface area contributed by atoms with Gasteiger partial charge < -0.3 is 27.2 Å². The highest BCUT2D eigenvalue weighted by Crippen LogP contribution is 2.25. The third kappa shape index (κ3) is 11.2. The van der Waals surface area contributed by atoms with Gasteiger partial charge >= 0.3 is 9.05 Å². The van der Waals surface area contributed by atoms with Crippen LogP contribution in [-0.2, 0) is 27.2 Å². The lowest BCUT2D eigenvalue weighted by atomic mass is 10.2. The summed E-state index contributed by atoms with van der Waals surface area (Å²) in [6.45, 7) is 13.3. The molecule has 0 aliphatic carbocycles. The molecule has 0 bridgehead atoms. The first-order valence-corrected chi connectivity index (χ1v) is 8.83. The Morgan fingerprint density at radius 2 is 0.952 bits per heavy atom. The first kappa shape index (κ1) is 21.0. The van der Waals surface area contributed by atoms with Gasteiger partial charge in [0.1, 0.15) is 0 Å². The minimum absolute atomic E-state index is 0.349. The number of ether oxygens (including phenoxy) is 2. The van der Waals surface area contributed by atoms with E-state index in [4.69, 9.17) is 27.2 Å². The summed E-state index contributed by atoms with van der Waals surface area (Å²) in [6, 6.07) is 0. The lowest BCUT2D eigenvalue weighted by Gasteiger charge is -2.37. The van der Waals surface area contributed by atoms with E-state index in [1.165, 1.54) is 0 Å². The molecule has 21 heavy (non-hydrogen) atoms. The first-order valence-electron chi connectivity index (χ1n) is 7.20. The van der Waals surface area contributed by atoms with Crippen LogP contribution < -0.4 is 0 Å². The van der Waals surface area contributed by atoms with Gasteiger partial charge in [0, 0.05) is 14.2 Å². The van der Waals surface area contributed by atoms with Crippen molar-refractivity contribution in [2.24, 2.45) is 0 Å². The second-order valence-corrected chi connectivity index (χ2v) is 8.60. The average Bonchev–Trinajstić information content (AvgIpc) is 2.25. The minimum atomic E-state index is -3.30. The molecule has 0 aromatic carbocycles. The predicted molar refractivity (Wildman–Crippen MR) is 83.1 cm³/mol. The zero-order valence-electron chi connectivity index (χ0n) is 14.8. The standard InChI is InChI=1S/C14H32O6Si/c1-13(2,3)19-21(17-11-9-15-7,18-12-10-16-8)20-14(4,5)6/h9-12H2,1-8H3. The van der Waals surface area contributed by atoms with Gasteiger partial charge in [0.15, 0.2) is 0 Å². The van der Waals surface area contributed by atoms with Crippen molar-refractivity contribution in [3.05, 3.63) is 0 Å². The summed E-state index contributed by atoms with van der Waals surface area (Å²) >= 11 is 0. The van der Waals surface area contributed by atoms with E-state index in [2.05, 4.69) is 0 Å². The fourth-order valence-electron chi connectivity index (χ4n) is 1.43. The van der Waals surface area contributed by atoms with Crippen molar-refractivity contribution in [3.63, 3.8) is 0 Å². The van der Waals surface area contributed by atoms with Crippen LogP contribution in [0.2, 0.25) is 0 Å². The van der Waals surface area contributed by atoms with Crippen molar-refractivity contribution in [2.75, 3.05) is 40.6 Å². The van der Waals surface area contributed by atoms with Gasteiger partial charge in [-0.1, -0.05) is 0 Å². The molecule has 0 aromatic heterocycles. The molecule has 0 fully saturated rings. The van der Waals surface area contributed by atoms with Crippen molar-refractivity contribution < 1.29 is 27.2 Å². The summed E-state index contributed by atoms with van der Waals surface area (Å²) in [5.74, 6) is 0. The summed E-state index contributed by atoms with van der Waals surface area (Å²) in [5.41, 5.74) is -0.894. The molecule has 0 aliphatic heterocycles. The van der Waals surface area contributed by atoms with Crippen LogP contribution in [0.4, 0.5) is 0 Å². The molecule has 0 radical (unpaired) electrons. The fourth-order valence-corrected chi connectivity index (χ4v) is 3.96. The van der Waals surface area contributed by atoms with Gasteiger partial charge in [0.25, 0.3) is 0 Å². The predicted octanol–water partition coefficient (Wildman–Crippen LogP) is 2.38. The van der Waals surface area contributed by atoms with Crippen molar-refractivity contribution in [1.29, 1.82) is 0 Å². The topological polar surface area (TPSA) is 55.4 Å². The van der Waals surface area contributed by atoms with Crippen molar-refractivity contribution >= 4 is 9.05 Å². The van der Waals surface area contributed by atoms with Crippen LogP contribution in [0.1, 0.15) is 41.5 Å². The molecule has 6 nitrogen and oxygen atoms in total. The van der Waals surface area contributed by atoms with E-state index in [9.17, 15) is 0 Å². The van der Waals surface area contributed by atoms with Gasteiger partial charge in [0.2, 0.25) is 0 Å². The zero-order valence-corrected chi connectivity index (χ0v) is 15.8. The Bertz CT molecular complexity index is 244. The Morgan fingerprint density at radius 3 is 1.19 bits per heavy atom. The van der Waals surface area contributed by atoms with E-state index in [-0.39, 0.29) is 0 Å².